The monoisotopic (exact) mass is 283 g/mol. The number of ether oxygens (including phenoxy) is 1. The molecule has 0 aliphatic heterocycles. The number of hydrogen-bond donors (Lipinski definition) is 2. The molecule has 4 nitrogen and oxygen atoms in total. The zero-order valence-corrected chi connectivity index (χ0v) is 11.3. The summed E-state index contributed by atoms with van der Waals surface area (Å²) in [6.07, 6.45) is -5.70. The molecule has 112 valence electrons. The molecule has 2 N–H and O–H groups in total. The van der Waals surface area contributed by atoms with E-state index in [1.165, 1.54) is 0 Å². The molecule has 1 fully saturated rings. The second-order valence-corrected chi connectivity index (χ2v) is 5.97. The number of hydrogen-bond acceptors (Lipinski definition) is 3. The van der Waals surface area contributed by atoms with Gasteiger partial charge in [-0.05, 0) is 40.0 Å². The van der Waals surface area contributed by atoms with Crippen LogP contribution in [0.2, 0.25) is 0 Å². The Morgan fingerprint density at radius 3 is 2.42 bits per heavy atom. The van der Waals surface area contributed by atoms with Gasteiger partial charge in [-0.25, -0.2) is 4.79 Å². The van der Waals surface area contributed by atoms with Gasteiger partial charge in [0.25, 0.3) is 0 Å². The van der Waals surface area contributed by atoms with Crippen LogP contribution < -0.4 is 5.32 Å². The van der Waals surface area contributed by atoms with Crippen LogP contribution in [0.3, 0.4) is 0 Å². The number of aliphatic hydroxyl groups is 1. The van der Waals surface area contributed by atoms with Crippen LogP contribution in [0.1, 0.15) is 46.5 Å². The topological polar surface area (TPSA) is 58.6 Å². The molecule has 0 spiro atoms. The van der Waals surface area contributed by atoms with Crippen LogP contribution in [-0.2, 0) is 4.74 Å². The van der Waals surface area contributed by atoms with Gasteiger partial charge in [0.1, 0.15) is 5.60 Å². The normalized spacial score (nSPS) is 28.9. The fourth-order valence-electron chi connectivity index (χ4n) is 2.11. The summed E-state index contributed by atoms with van der Waals surface area (Å²) < 4.78 is 43.1. The van der Waals surface area contributed by atoms with Gasteiger partial charge in [-0.3, -0.25) is 0 Å². The number of carbonyl (C=O) groups excluding carboxylic acids is 1. The Balaban J connectivity index is 2.59. The molecule has 0 heterocycles. The first-order valence-electron chi connectivity index (χ1n) is 6.22. The second kappa shape index (κ2) is 5.19. The maximum atomic E-state index is 12.7. The zero-order valence-electron chi connectivity index (χ0n) is 11.3. The third kappa shape index (κ3) is 4.56. The minimum absolute atomic E-state index is 0.205. The quantitative estimate of drug-likeness (QED) is 0.778. The van der Waals surface area contributed by atoms with E-state index in [0.717, 1.165) is 0 Å². The first kappa shape index (κ1) is 16.1. The van der Waals surface area contributed by atoms with Gasteiger partial charge in [-0.15, -0.1) is 0 Å². The predicted octanol–water partition coefficient (Wildman–Crippen LogP) is 2.75. The van der Waals surface area contributed by atoms with Crippen LogP contribution in [0.5, 0.6) is 0 Å². The molecule has 7 heteroatoms. The van der Waals surface area contributed by atoms with Crippen LogP contribution in [0.15, 0.2) is 0 Å². The molecular formula is C12H20F3NO3. The maximum Gasteiger partial charge on any atom is 0.417 e. The summed E-state index contributed by atoms with van der Waals surface area (Å²) in [6, 6.07) is -0.727. The van der Waals surface area contributed by atoms with Crippen molar-refractivity contribution in [3.63, 3.8) is 0 Å². The highest BCUT2D eigenvalue weighted by atomic mass is 19.4. The molecule has 1 saturated carbocycles. The SMILES string of the molecule is CC(C)(C)OC(=O)NC1CCCC(O)(C(F)(F)F)C1. The second-order valence-electron chi connectivity index (χ2n) is 5.97. The van der Waals surface area contributed by atoms with Gasteiger partial charge >= 0.3 is 12.3 Å². The van der Waals surface area contributed by atoms with E-state index in [2.05, 4.69) is 5.32 Å². The van der Waals surface area contributed by atoms with Gasteiger partial charge in [-0.2, -0.15) is 13.2 Å². The summed E-state index contributed by atoms with van der Waals surface area (Å²) in [5.74, 6) is 0. The average Bonchev–Trinajstić information content (AvgIpc) is 2.11. The molecule has 1 aliphatic rings. The Morgan fingerprint density at radius 1 is 1.37 bits per heavy atom. The van der Waals surface area contributed by atoms with Gasteiger partial charge in [0.05, 0.1) is 0 Å². The number of rotatable bonds is 1. The Kier molecular flexibility index (Phi) is 4.39. The minimum atomic E-state index is -4.68. The largest absolute Gasteiger partial charge is 0.444 e. The fourth-order valence-corrected chi connectivity index (χ4v) is 2.11. The molecule has 1 amide bonds. The van der Waals surface area contributed by atoms with E-state index in [0.29, 0.717) is 6.42 Å². The van der Waals surface area contributed by atoms with Crippen LogP contribution in [-0.4, -0.2) is 34.6 Å². The summed E-state index contributed by atoms with van der Waals surface area (Å²) >= 11 is 0. The fraction of sp³-hybridized carbons (Fsp3) is 0.917. The number of amides is 1. The van der Waals surface area contributed by atoms with E-state index < -0.39 is 35.9 Å². The molecule has 0 radical (unpaired) electrons. The third-order valence-electron chi connectivity index (χ3n) is 2.98. The summed E-state index contributed by atoms with van der Waals surface area (Å²) in [7, 11) is 0. The molecule has 0 aromatic rings. The van der Waals surface area contributed by atoms with Crippen molar-refractivity contribution in [2.24, 2.45) is 0 Å². The van der Waals surface area contributed by atoms with Gasteiger partial charge in [0.2, 0.25) is 0 Å². The van der Waals surface area contributed by atoms with Crippen LogP contribution >= 0.6 is 0 Å². The smallest absolute Gasteiger partial charge is 0.417 e. The number of nitrogens with one attached hydrogen (secondary N) is 1. The van der Waals surface area contributed by atoms with Gasteiger partial charge in [0.15, 0.2) is 5.60 Å². The molecule has 0 saturated heterocycles. The highest BCUT2D eigenvalue weighted by Crippen LogP contribution is 2.41. The molecule has 1 aliphatic carbocycles. The molecule has 0 bridgehead atoms. The summed E-state index contributed by atoms with van der Waals surface area (Å²) in [4.78, 5) is 11.5. The van der Waals surface area contributed by atoms with Crippen molar-refractivity contribution in [3.05, 3.63) is 0 Å². The maximum absolute atomic E-state index is 12.7. The highest BCUT2D eigenvalue weighted by Gasteiger charge is 2.55. The Labute approximate surface area is 110 Å². The van der Waals surface area contributed by atoms with E-state index in [4.69, 9.17) is 4.74 Å². The minimum Gasteiger partial charge on any atom is -0.444 e. The van der Waals surface area contributed by atoms with E-state index in [9.17, 15) is 23.1 Å². The first-order valence-corrected chi connectivity index (χ1v) is 6.22. The lowest BCUT2D eigenvalue weighted by molar-refractivity contribution is -0.271. The van der Waals surface area contributed by atoms with Crippen molar-refractivity contribution >= 4 is 6.09 Å². The van der Waals surface area contributed by atoms with E-state index in [1.807, 2.05) is 0 Å². The van der Waals surface area contributed by atoms with Crippen LogP contribution in [0, 0.1) is 0 Å². The molecule has 0 aromatic heterocycles. The summed E-state index contributed by atoms with van der Waals surface area (Å²) in [5.41, 5.74) is -3.43. The predicted molar refractivity (Wildman–Crippen MR) is 62.6 cm³/mol. The Morgan fingerprint density at radius 2 is 1.95 bits per heavy atom. The molecule has 19 heavy (non-hydrogen) atoms. The van der Waals surface area contributed by atoms with E-state index in [1.54, 1.807) is 20.8 Å². The molecule has 1 rings (SSSR count). The lowest BCUT2D eigenvalue weighted by Crippen LogP contribution is -2.53. The summed E-state index contributed by atoms with van der Waals surface area (Å²) in [5, 5.41) is 12.0. The van der Waals surface area contributed by atoms with Crippen molar-refractivity contribution in [1.82, 2.24) is 5.32 Å². The van der Waals surface area contributed by atoms with Gasteiger partial charge in [0, 0.05) is 12.5 Å². The number of carbonyl (C=O) groups is 1. The lowest BCUT2D eigenvalue weighted by Gasteiger charge is -2.38. The molecule has 0 aromatic carbocycles. The van der Waals surface area contributed by atoms with E-state index in [-0.39, 0.29) is 12.8 Å². The lowest BCUT2D eigenvalue weighted by atomic mass is 9.81. The molecular weight excluding hydrogens is 263 g/mol. The van der Waals surface area contributed by atoms with Crippen LogP contribution in [0.25, 0.3) is 0 Å². The van der Waals surface area contributed by atoms with Gasteiger partial charge < -0.3 is 15.2 Å². The Hall–Kier alpha value is -0.980. The van der Waals surface area contributed by atoms with Crippen LogP contribution in [0.4, 0.5) is 18.0 Å². The number of halogens is 3. The summed E-state index contributed by atoms with van der Waals surface area (Å²) in [6.45, 7) is 5.00. The molecule has 2 atom stereocenters. The first-order chi connectivity index (χ1) is 8.43. The highest BCUT2D eigenvalue weighted by molar-refractivity contribution is 5.68. The van der Waals surface area contributed by atoms with E-state index >= 15 is 0 Å². The Bertz CT molecular complexity index is 338. The third-order valence-corrected chi connectivity index (χ3v) is 2.98. The van der Waals surface area contributed by atoms with Crippen molar-refractivity contribution in [1.29, 1.82) is 0 Å². The van der Waals surface area contributed by atoms with Crippen molar-refractivity contribution in [3.8, 4) is 0 Å². The molecule has 2 unspecified atom stereocenters. The number of alkyl carbamates (subject to hydrolysis) is 1. The van der Waals surface area contributed by atoms with Gasteiger partial charge in [-0.1, -0.05) is 0 Å². The van der Waals surface area contributed by atoms with Crippen molar-refractivity contribution in [2.75, 3.05) is 0 Å². The number of alkyl halides is 3. The zero-order chi connectivity index (χ0) is 14.9. The van der Waals surface area contributed by atoms with Crippen molar-refractivity contribution < 1.29 is 27.8 Å². The van der Waals surface area contributed by atoms with Crippen molar-refractivity contribution in [2.45, 2.75) is 69.9 Å². The standard InChI is InChI=1S/C12H20F3NO3/c1-10(2,3)19-9(17)16-8-5-4-6-11(18,7-8)12(13,14)15/h8,18H,4-7H2,1-3H3,(H,16,17). The average molecular weight is 283 g/mol.